The normalized spacial score (nSPS) is 12.0. The van der Waals surface area contributed by atoms with Crippen molar-refractivity contribution in [2.75, 3.05) is 6.54 Å². The van der Waals surface area contributed by atoms with Gasteiger partial charge < -0.3 is 10.4 Å². The molecule has 0 aliphatic rings. The number of rotatable bonds is 7. The first-order chi connectivity index (χ1) is 13.5. The van der Waals surface area contributed by atoms with Crippen molar-refractivity contribution in [1.29, 1.82) is 0 Å². The molecule has 0 unspecified atom stereocenters. The van der Waals surface area contributed by atoms with Gasteiger partial charge in [-0.3, -0.25) is 4.79 Å². The fraction of sp³-hybridized carbons (Fsp3) is 0.286. The number of amides is 1. The van der Waals surface area contributed by atoms with Gasteiger partial charge in [0.05, 0.1) is 18.3 Å². The van der Waals surface area contributed by atoms with Crippen molar-refractivity contribution >= 4 is 5.91 Å². The number of carbonyl (C=O) groups is 1. The van der Waals surface area contributed by atoms with E-state index in [9.17, 15) is 14.3 Å². The summed E-state index contributed by atoms with van der Waals surface area (Å²) in [5.74, 6) is -0.789. The van der Waals surface area contributed by atoms with E-state index in [1.54, 1.807) is 11.6 Å². The lowest BCUT2D eigenvalue weighted by Gasteiger charge is -2.12. The Balaban J connectivity index is 1.61. The van der Waals surface area contributed by atoms with E-state index < -0.39 is 12.0 Å². The van der Waals surface area contributed by atoms with Gasteiger partial charge in [0.2, 0.25) is 0 Å². The maximum absolute atomic E-state index is 13.0. The zero-order valence-electron chi connectivity index (χ0n) is 15.9. The quantitative estimate of drug-likeness (QED) is 0.659. The number of aryl methyl sites for hydroxylation is 1. The lowest BCUT2D eigenvalue weighted by Crippen LogP contribution is -2.29. The third kappa shape index (κ3) is 4.61. The summed E-state index contributed by atoms with van der Waals surface area (Å²) in [7, 11) is 0. The van der Waals surface area contributed by atoms with E-state index in [0.717, 1.165) is 12.0 Å². The van der Waals surface area contributed by atoms with Gasteiger partial charge >= 0.3 is 0 Å². The molecule has 0 fully saturated rings. The van der Waals surface area contributed by atoms with E-state index in [1.165, 1.54) is 29.8 Å². The summed E-state index contributed by atoms with van der Waals surface area (Å²) in [5, 5.41) is 20.8. The number of nitrogens with zero attached hydrogens (tertiary/aromatic N) is 3. The summed E-state index contributed by atoms with van der Waals surface area (Å²) >= 11 is 0. The zero-order valence-corrected chi connectivity index (χ0v) is 15.9. The van der Waals surface area contributed by atoms with E-state index in [4.69, 9.17) is 0 Å². The van der Waals surface area contributed by atoms with E-state index in [-0.39, 0.29) is 18.1 Å². The molecule has 0 spiro atoms. The molecule has 0 bridgehead atoms. The predicted octanol–water partition coefficient (Wildman–Crippen LogP) is 2.80. The molecule has 1 heterocycles. The van der Waals surface area contributed by atoms with Crippen LogP contribution in [0.4, 0.5) is 4.39 Å². The summed E-state index contributed by atoms with van der Waals surface area (Å²) in [6, 6.07) is 13.7. The molecule has 146 valence electrons. The van der Waals surface area contributed by atoms with Crippen molar-refractivity contribution in [2.24, 2.45) is 0 Å². The van der Waals surface area contributed by atoms with Crippen molar-refractivity contribution in [3.05, 3.63) is 82.4 Å². The molecule has 3 rings (SSSR count). The SMILES string of the molecule is CCc1ccc(Cn2nnc(C(=O)NC[C@H](O)c3ccc(F)cc3)c2C)cc1. The van der Waals surface area contributed by atoms with Gasteiger partial charge in [-0.1, -0.05) is 48.5 Å². The molecule has 7 heteroatoms. The zero-order chi connectivity index (χ0) is 20.1. The van der Waals surface area contributed by atoms with E-state index >= 15 is 0 Å². The Labute approximate surface area is 163 Å². The number of aliphatic hydroxyl groups is 1. The fourth-order valence-corrected chi connectivity index (χ4v) is 2.85. The van der Waals surface area contributed by atoms with E-state index in [0.29, 0.717) is 17.8 Å². The maximum Gasteiger partial charge on any atom is 0.273 e. The number of carbonyl (C=O) groups excluding carboxylic acids is 1. The highest BCUT2D eigenvalue weighted by atomic mass is 19.1. The molecule has 0 radical (unpaired) electrons. The molecule has 2 N–H and O–H groups in total. The molecule has 28 heavy (non-hydrogen) atoms. The summed E-state index contributed by atoms with van der Waals surface area (Å²) in [4.78, 5) is 12.4. The minimum absolute atomic E-state index is 0.00472. The Morgan fingerprint density at radius 1 is 1.14 bits per heavy atom. The van der Waals surface area contributed by atoms with Crippen molar-refractivity contribution in [3.63, 3.8) is 0 Å². The van der Waals surface area contributed by atoms with Crippen molar-refractivity contribution in [1.82, 2.24) is 20.3 Å². The third-order valence-corrected chi connectivity index (χ3v) is 4.67. The van der Waals surface area contributed by atoms with Crippen LogP contribution in [0.15, 0.2) is 48.5 Å². The highest BCUT2D eigenvalue weighted by Gasteiger charge is 2.18. The molecule has 0 saturated heterocycles. The molecular weight excluding hydrogens is 359 g/mol. The Bertz CT molecular complexity index is 936. The summed E-state index contributed by atoms with van der Waals surface area (Å²) in [5.41, 5.74) is 3.73. The topological polar surface area (TPSA) is 80.0 Å². The van der Waals surface area contributed by atoms with Crippen LogP contribution in [0.3, 0.4) is 0 Å². The van der Waals surface area contributed by atoms with Crippen molar-refractivity contribution < 1.29 is 14.3 Å². The molecule has 1 atom stereocenters. The summed E-state index contributed by atoms with van der Waals surface area (Å²) in [6.45, 7) is 4.41. The molecule has 1 aromatic heterocycles. The largest absolute Gasteiger partial charge is 0.387 e. The molecular formula is C21H23FN4O2. The minimum atomic E-state index is -0.933. The van der Waals surface area contributed by atoms with Crippen LogP contribution in [0, 0.1) is 12.7 Å². The van der Waals surface area contributed by atoms with Gasteiger partial charge in [0, 0.05) is 6.54 Å². The van der Waals surface area contributed by atoms with E-state index in [2.05, 4.69) is 34.7 Å². The molecule has 2 aromatic carbocycles. The lowest BCUT2D eigenvalue weighted by atomic mass is 10.1. The molecule has 3 aromatic rings. The number of hydrogen-bond donors (Lipinski definition) is 2. The fourth-order valence-electron chi connectivity index (χ4n) is 2.85. The van der Waals surface area contributed by atoms with Crippen LogP contribution in [0.2, 0.25) is 0 Å². The van der Waals surface area contributed by atoms with E-state index in [1.807, 2.05) is 12.1 Å². The number of benzene rings is 2. The monoisotopic (exact) mass is 382 g/mol. The second kappa shape index (κ2) is 8.75. The van der Waals surface area contributed by atoms with Crippen LogP contribution in [-0.2, 0) is 13.0 Å². The smallest absolute Gasteiger partial charge is 0.273 e. The van der Waals surface area contributed by atoms with Crippen molar-refractivity contribution in [3.8, 4) is 0 Å². The molecule has 0 saturated carbocycles. The standard InChI is InChI=1S/C21H23FN4O2/c1-3-15-4-6-16(7-5-15)13-26-14(2)20(24-25-26)21(28)23-12-19(27)17-8-10-18(22)11-9-17/h4-11,19,27H,3,12-13H2,1-2H3,(H,23,28)/t19-/m0/s1. The average Bonchev–Trinajstić information content (AvgIpc) is 3.07. The van der Waals surface area contributed by atoms with Gasteiger partial charge in [-0.05, 0) is 42.2 Å². The number of halogens is 1. The predicted molar refractivity (Wildman–Crippen MR) is 103 cm³/mol. The minimum Gasteiger partial charge on any atom is -0.387 e. The molecule has 1 amide bonds. The van der Waals surface area contributed by atoms with Gasteiger partial charge in [0.25, 0.3) is 5.91 Å². The maximum atomic E-state index is 13.0. The average molecular weight is 382 g/mol. The number of hydrogen-bond acceptors (Lipinski definition) is 4. The summed E-state index contributed by atoms with van der Waals surface area (Å²) < 4.78 is 14.6. The highest BCUT2D eigenvalue weighted by molar-refractivity contribution is 5.93. The second-order valence-corrected chi connectivity index (χ2v) is 6.63. The summed E-state index contributed by atoms with van der Waals surface area (Å²) in [6.07, 6.45) is 0.0495. The lowest BCUT2D eigenvalue weighted by molar-refractivity contribution is 0.0910. The number of aliphatic hydroxyl groups excluding tert-OH is 1. The molecule has 6 nitrogen and oxygen atoms in total. The van der Waals surface area contributed by atoms with Gasteiger partial charge in [-0.25, -0.2) is 9.07 Å². The Hall–Kier alpha value is -3.06. The third-order valence-electron chi connectivity index (χ3n) is 4.67. The van der Waals surface area contributed by atoms with Gasteiger partial charge in [-0.15, -0.1) is 5.10 Å². The Morgan fingerprint density at radius 2 is 1.79 bits per heavy atom. The first-order valence-electron chi connectivity index (χ1n) is 9.17. The Morgan fingerprint density at radius 3 is 2.43 bits per heavy atom. The van der Waals surface area contributed by atoms with Gasteiger partial charge in [-0.2, -0.15) is 0 Å². The van der Waals surface area contributed by atoms with Crippen LogP contribution >= 0.6 is 0 Å². The van der Waals surface area contributed by atoms with Crippen LogP contribution in [0.25, 0.3) is 0 Å². The Kier molecular flexibility index (Phi) is 6.16. The first-order valence-corrected chi connectivity index (χ1v) is 9.17. The number of aromatic nitrogens is 3. The highest BCUT2D eigenvalue weighted by Crippen LogP contribution is 2.13. The first kappa shape index (κ1) is 19.7. The van der Waals surface area contributed by atoms with Crippen LogP contribution < -0.4 is 5.32 Å². The van der Waals surface area contributed by atoms with Crippen molar-refractivity contribution in [2.45, 2.75) is 32.9 Å². The second-order valence-electron chi connectivity index (χ2n) is 6.63. The van der Waals surface area contributed by atoms with Crippen LogP contribution in [0.1, 0.15) is 45.9 Å². The van der Waals surface area contributed by atoms with Crippen LogP contribution in [0.5, 0.6) is 0 Å². The van der Waals surface area contributed by atoms with Gasteiger partial charge in [0.15, 0.2) is 5.69 Å². The van der Waals surface area contributed by atoms with Crippen LogP contribution in [-0.4, -0.2) is 32.6 Å². The van der Waals surface area contributed by atoms with Gasteiger partial charge in [0.1, 0.15) is 5.82 Å². The molecule has 0 aliphatic carbocycles. The molecule has 0 aliphatic heterocycles. The number of nitrogens with one attached hydrogen (secondary N) is 1.